The maximum atomic E-state index is 2.28. The summed E-state index contributed by atoms with van der Waals surface area (Å²) in [6, 6.07) is 18.2. The van der Waals surface area contributed by atoms with Crippen LogP contribution in [0.1, 0.15) is 25.0 Å². The van der Waals surface area contributed by atoms with Crippen LogP contribution in [0.4, 0.5) is 0 Å². The van der Waals surface area contributed by atoms with E-state index in [1.54, 1.807) is 0 Å². The molecule has 2 unspecified atom stereocenters. The first-order valence-electron chi connectivity index (χ1n) is 6.51. The number of rotatable bonds is 5. The number of benzene rings is 2. The summed E-state index contributed by atoms with van der Waals surface area (Å²) in [6.07, 6.45) is 2.26. The van der Waals surface area contributed by atoms with E-state index in [2.05, 4.69) is 62.4 Å². The molecule has 0 amide bonds. The lowest BCUT2D eigenvalue weighted by atomic mass is 10.2. The molecule has 0 heterocycles. The summed E-state index contributed by atoms with van der Waals surface area (Å²) >= 11 is 0. The molecule has 2 rings (SSSR count). The van der Waals surface area contributed by atoms with Crippen LogP contribution < -0.4 is 10.6 Å². The second kappa shape index (κ2) is 7.03. The normalized spacial score (nSPS) is 11.9. The fourth-order valence-electron chi connectivity index (χ4n) is 1.79. The standard InChI is InChI=1S/C16H20P2/c1-3-13-5-9-15(10-6-13)17-18-16-11-7-14(4-2)8-12-16/h5-12,17-18H,3-4H2,1-2H3. The highest BCUT2D eigenvalue weighted by Gasteiger charge is 1.97. The van der Waals surface area contributed by atoms with E-state index in [4.69, 9.17) is 0 Å². The van der Waals surface area contributed by atoms with E-state index in [0.717, 1.165) is 29.4 Å². The molecule has 0 aliphatic carbocycles. The Morgan fingerprint density at radius 3 is 1.22 bits per heavy atom. The molecule has 2 aromatic rings. The van der Waals surface area contributed by atoms with Crippen molar-refractivity contribution in [1.29, 1.82) is 0 Å². The van der Waals surface area contributed by atoms with Crippen molar-refractivity contribution in [2.24, 2.45) is 0 Å². The van der Waals surface area contributed by atoms with Crippen molar-refractivity contribution in [1.82, 2.24) is 0 Å². The third-order valence-corrected chi connectivity index (χ3v) is 6.55. The Kier molecular flexibility index (Phi) is 5.36. The second-order valence-electron chi connectivity index (χ2n) is 4.35. The van der Waals surface area contributed by atoms with Gasteiger partial charge in [-0.15, -0.1) is 0 Å². The molecule has 94 valence electrons. The molecular weight excluding hydrogens is 254 g/mol. The van der Waals surface area contributed by atoms with Gasteiger partial charge in [0.05, 0.1) is 0 Å². The third kappa shape index (κ3) is 3.91. The molecule has 0 aromatic heterocycles. The van der Waals surface area contributed by atoms with Gasteiger partial charge in [-0.25, -0.2) is 0 Å². The molecule has 2 aromatic carbocycles. The van der Waals surface area contributed by atoms with E-state index < -0.39 is 0 Å². The summed E-state index contributed by atoms with van der Waals surface area (Å²) in [5.41, 5.74) is 2.86. The van der Waals surface area contributed by atoms with E-state index in [1.165, 1.54) is 21.7 Å². The molecule has 0 N–H and O–H groups in total. The van der Waals surface area contributed by atoms with Crippen molar-refractivity contribution in [2.75, 3.05) is 0 Å². The van der Waals surface area contributed by atoms with Crippen molar-refractivity contribution in [2.45, 2.75) is 26.7 Å². The molecule has 0 saturated carbocycles. The summed E-state index contributed by atoms with van der Waals surface area (Å²) in [5.74, 6) is 0. The molecule has 2 heteroatoms. The summed E-state index contributed by atoms with van der Waals surface area (Å²) in [4.78, 5) is 0. The van der Waals surface area contributed by atoms with Crippen LogP contribution in [0.15, 0.2) is 48.5 Å². The van der Waals surface area contributed by atoms with Crippen molar-refractivity contribution in [3.63, 3.8) is 0 Å². The molecule has 0 spiro atoms. The van der Waals surface area contributed by atoms with E-state index in [9.17, 15) is 0 Å². The Hall–Kier alpha value is -0.700. The predicted molar refractivity (Wildman–Crippen MR) is 87.5 cm³/mol. The highest BCUT2D eigenvalue weighted by Crippen LogP contribution is 2.34. The van der Waals surface area contributed by atoms with Gasteiger partial charge in [-0.05, 0) is 34.6 Å². The van der Waals surface area contributed by atoms with Crippen molar-refractivity contribution < 1.29 is 0 Å². The molecule has 0 aliphatic heterocycles. The van der Waals surface area contributed by atoms with Crippen LogP contribution in [0.3, 0.4) is 0 Å². The summed E-state index contributed by atoms with van der Waals surface area (Å²) < 4.78 is 0. The Morgan fingerprint density at radius 2 is 0.944 bits per heavy atom. The lowest BCUT2D eigenvalue weighted by Gasteiger charge is -2.05. The zero-order valence-electron chi connectivity index (χ0n) is 11.0. The Balaban J connectivity index is 1.93. The molecule has 0 radical (unpaired) electrons. The molecule has 0 fully saturated rings. The van der Waals surface area contributed by atoms with Crippen LogP contribution in [-0.2, 0) is 12.8 Å². The first-order valence-corrected chi connectivity index (χ1v) is 9.51. The molecular formula is C16H20P2. The number of aryl methyl sites for hydroxylation is 2. The predicted octanol–water partition coefficient (Wildman–Crippen LogP) is 4.03. The van der Waals surface area contributed by atoms with Gasteiger partial charge in [0, 0.05) is 0 Å². The molecule has 2 atom stereocenters. The molecule has 18 heavy (non-hydrogen) atoms. The molecule has 0 bridgehead atoms. The SMILES string of the molecule is CCc1ccc(PPc2ccc(CC)cc2)cc1. The zero-order valence-corrected chi connectivity index (χ0v) is 13.0. The highest BCUT2D eigenvalue weighted by atomic mass is 32.0. The lowest BCUT2D eigenvalue weighted by Crippen LogP contribution is -1.96. The zero-order chi connectivity index (χ0) is 12.8. The minimum atomic E-state index is 0.905. The van der Waals surface area contributed by atoms with Gasteiger partial charge in [-0.2, -0.15) is 0 Å². The van der Waals surface area contributed by atoms with E-state index >= 15 is 0 Å². The fourth-order valence-corrected chi connectivity index (χ4v) is 4.61. The van der Waals surface area contributed by atoms with Crippen molar-refractivity contribution >= 4 is 27.1 Å². The Labute approximate surface area is 114 Å². The van der Waals surface area contributed by atoms with Crippen molar-refractivity contribution in [3.05, 3.63) is 59.7 Å². The third-order valence-electron chi connectivity index (χ3n) is 3.08. The first-order chi connectivity index (χ1) is 8.81. The fraction of sp³-hybridized carbons (Fsp3) is 0.250. The number of hydrogen-bond donors (Lipinski definition) is 0. The summed E-state index contributed by atoms with van der Waals surface area (Å²) in [7, 11) is 1.81. The van der Waals surface area contributed by atoms with Gasteiger partial charge in [0.1, 0.15) is 0 Å². The first kappa shape index (κ1) is 13.7. The van der Waals surface area contributed by atoms with Gasteiger partial charge in [0.15, 0.2) is 0 Å². The largest absolute Gasteiger partial charge is 0.0634 e. The van der Waals surface area contributed by atoms with Gasteiger partial charge >= 0.3 is 0 Å². The van der Waals surface area contributed by atoms with Gasteiger partial charge in [-0.3, -0.25) is 0 Å². The van der Waals surface area contributed by atoms with Crippen LogP contribution >= 0.6 is 16.5 Å². The van der Waals surface area contributed by atoms with Crippen LogP contribution in [0.2, 0.25) is 0 Å². The van der Waals surface area contributed by atoms with Crippen LogP contribution in [0.25, 0.3) is 0 Å². The van der Waals surface area contributed by atoms with Crippen LogP contribution in [0.5, 0.6) is 0 Å². The van der Waals surface area contributed by atoms with Crippen LogP contribution in [-0.4, -0.2) is 0 Å². The lowest BCUT2D eigenvalue weighted by molar-refractivity contribution is 1.14. The minimum Gasteiger partial charge on any atom is -0.0634 e. The van der Waals surface area contributed by atoms with E-state index in [0.29, 0.717) is 0 Å². The Bertz CT molecular complexity index is 424. The topological polar surface area (TPSA) is 0 Å². The Morgan fingerprint density at radius 1 is 0.611 bits per heavy atom. The molecule has 0 saturated heterocycles. The summed E-state index contributed by atoms with van der Waals surface area (Å²) in [5, 5.41) is 2.95. The van der Waals surface area contributed by atoms with Crippen LogP contribution in [0, 0.1) is 0 Å². The average Bonchev–Trinajstić information content (AvgIpc) is 2.46. The van der Waals surface area contributed by atoms with E-state index in [-0.39, 0.29) is 0 Å². The van der Waals surface area contributed by atoms with Gasteiger partial charge in [-0.1, -0.05) is 78.9 Å². The monoisotopic (exact) mass is 274 g/mol. The smallest absolute Gasteiger partial charge is 0.0227 e. The second-order valence-corrected chi connectivity index (χ2v) is 7.51. The maximum Gasteiger partial charge on any atom is -0.0227 e. The quantitative estimate of drug-likeness (QED) is 0.722. The van der Waals surface area contributed by atoms with Gasteiger partial charge in [0.25, 0.3) is 0 Å². The minimum absolute atomic E-state index is 0.905. The molecule has 0 aliphatic rings. The van der Waals surface area contributed by atoms with E-state index in [1.807, 2.05) is 0 Å². The summed E-state index contributed by atoms with van der Waals surface area (Å²) in [6.45, 7) is 4.41. The van der Waals surface area contributed by atoms with Gasteiger partial charge < -0.3 is 0 Å². The van der Waals surface area contributed by atoms with Crippen molar-refractivity contribution in [3.8, 4) is 0 Å². The maximum absolute atomic E-state index is 2.28. The van der Waals surface area contributed by atoms with Gasteiger partial charge in [0.2, 0.25) is 0 Å². The number of hydrogen-bond acceptors (Lipinski definition) is 0. The average molecular weight is 274 g/mol. The highest BCUT2D eigenvalue weighted by molar-refractivity contribution is 8.18. The molecule has 0 nitrogen and oxygen atoms in total.